The van der Waals surface area contributed by atoms with Crippen LogP contribution in [0.4, 0.5) is 5.69 Å². The zero-order chi connectivity index (χ0) is 11.4. The maximum Gasteiger partial charge on any atom is 0.151 e. The normalized spacial score (nSPS) is 10.8. The molecule has 0 bridgehead atoms. The quantitative estimate of drug-likeness (QED) is 0.579. The van der Waals surface area contributed by atoms with E-state index in [1.54, 1.807) is 36.0 Å². The van der Waals surface area contributed by atoms with Gasteiger partial charge in [-0.3, -0.25) is 0 Å². The summed E-state index contributed by atoms with van der Waals surface area (Å²) in [4.78, 5) is 10.3. The first kappa shape index (κ1) is 10.2. The Morgan fingerprint density at radius 2 is 2.31 bits per heavy atom. The van der Waals surface area contributed by atoms with E-state index in [4.69, 9.17) is 0 Å². The molecule has 2 aromatic rings. The number of hydrogen-bond acceptors (Lipinski definition) is 5. The molecule has 0 atom stereocenters. The highest BCUT2D eigenvalue weighted by Gasteiger charge is 1.95. The minimum absolute atomic E-state index is 0.379. The molecule has 1 aromatic carbocycles. The Morgan fingerprint density at radius 1 is 1.44 bits per heavy atom. The van der Waals surface area contributed by atoms with Crippen molar-refractivity contribution in [3.63, 3.8) is 0 Å². The van der Waals surface area contributed by atoms with Gasteiger partial charge in [0, 0.05) is 0 Å². The third-order valence-electron chi connectivity index (χ3n) is 2.00. The Bertz CT molecular complexity index is 532. The molecule has 0 spiro atoms. The molecule has 0 aliphatic rings. The molecule has 6 heteroatoms. The summed E-state index contributed by atoms with van der Waals surface area (Å²) in [6.07, 6.45) is 3.12. The van der Waals surface area contributed by atoms with Crippen LogP contribution in [0.2, 0.25) is 0 Å². The van der Waals surface area contributed by atoms with Gasteiger partial charge in [-0.15, -0.1) is 15.1 Å². The lowest BCUT2D eigenvalue weighted by molar-refractivity contribution is 0.832. The SMILES string of the molecule is Cc1nncn1N=Cc1cccc(N=O)c1. The molecule has 0 radical (unpaired) electrons. The molecule has 1 aromatic heterocycles. The molecule has 0 saturated heterocycles. The summed E-state index contributed by atoms with van der Waals surface area (Å²) < 4.78 is 1.54. The molecule has 0 amide bonds. The highest BCUT2D eigenvalue weighted by Crippen LogP contribution is 2.11. The van der Waals surface area contributed by atoms with Crippen LogP contribution < -0.4 is 0 Å². The third kappa shape index (κ3) is 2.17. The van der Waals surface area contributed by atoms with Crippen molar-refractivity contribution in [1.29, 1.82) is 0 Å². The van der Waals surface area contributed by atoms with E-state index < -0.39 is 0 Å². The highest BCUT2D eigenvalue weighted by atomic mass is 16.3. The van der Waals surface area contributed by atoms with Crippen LogP contribution in [-0.4, -0.2) is 21.1 Å². The van der Waals surface area contributed by atoms with E-state index in [-0.39, 0.29) is 0 Å². The number of aromatic nitrogens is 3. The van der Waals surface area contributed by atoms with Crippen LogP contribution in [0.5, 0.6) is 0 Å². The summed E-state index contributed by atoms with van der Waals surface area (Å²) in [6, 6.07) is 6.86. The molecular formula is C10H9N5O. The molecule has 0 unspecified atom stereocenters. The monoisotopic (exact) mass is 215 g/mol. The van der Waals surface area contributed by atoms with Crippen LogP contribution in [0.15, 0.2) is 40.9 Å². The third-order valence-corrected chi connectivity index (χ3v) is 2.00. The van der Waals surface area contributed by atoms with E-state index in [9.17, 15) is 4.91 Å². The first-order valence-electron chi connectivity index (χ1n) is 4.64. The van der Waals surface area contributed by atoms with Crippen molar-refractivity contribution < 1.29 is 0 Å². The fraction of sp³-hybridized carbons (Fsp3) is 0.100. The summed E-state index contributed by atoms with van der Waals surface area (Å²) in [5.74, 6) is 0.695. The van der Waals surface area contributed by atoms with Gasteiger partial charge in [0.05, 0.1) is 6.21 Å². The van der Waals surface area contributed by atoms with Crippen LogP contribution in [0, 0.1) is 11.8 Å². The predicted octanol–water partition coefficient (Wildman–Crippen LogP) is 1.87. The van der Waals surface area contributed by atoms with Crippen molar-refractivity contribution in [2.75, 3.05) is 0 Å². The highest BCUT2D eigenvalue weighted by molar-refractivity contribution is 5.80. The Balaban J connectivity index is 2.23. The van der Waals surface area contributed by atoms with Gasteiger partial charge < -0.3 is 0 Å². The van der Waals surface area contributed by atoms with E-state index in [2.05, 4.69) is 20.5 Å². The Morgan fingerprint density at radius 3 is 3.00 bits per heavy atom. The van der Waals surface area contributed by atoms with Crippen LogP contribution in [0.3, 0.4) is 0 Å². The molecule has 0 saturated carbocycles. The average Bonchev–Trinajstić information content (AvgIpc) is 2.72. The van der Waals surface area contributed by atoms with Gasteiger partial charge in [-0.2, -0.15) is 5.10 Å². The van der Waals surface area contributed by atoms with Gasteiger partial charge in [-0.25, -0.2) is 4.68 Å². The molecule has 1 heterocycles. The molecule has 0 aliphatic heterocycles. The Hall–Kier alpha value is -2.37. The van der Waals surface area contributed by atoms with Crippen molar-refractivity contribution in [2.24, 2.45) is 10.3 Å². The summed E-state index contributed by atoms with van der Waals surface area (Å²) in [7, 11) is 0. The van der Waals surface area contributed by atoms with Crippen LogP contribution in [0.25, 0.3) is 0 Å². The van der Waals surface area contributed by atoms with Crippen molar-refractivity contribution in [1.82, 2.24) is 14.9 Å². The van der Waals surface area contributed by atoms with Gasteiger partial charge in [0.2, 0.25) is 0 Å². The second kappa shape index (κ2) is 4.43. The zero-order valence-corrected chi connectivity index (χ0v) is 8.61. The number of hydrogen-bond donors (Lipinski definition) is 0. The lowest BCUT2D eigenvalue weighted by Crippen LogP contribution is -1.91. The number of benzene rings is 1. The van der Waals surface area contributed by atoms with Crippen molar-refractivity contribution >= 4 is 11.9 Å². The molecule has 0 aliphatic carbocycles. The second-order valence-corrected chi connectivity index (χ2v) is 3.15. The largest absolute Gasteiger partial charge is 0.205 e. The number of rotatable bonds is 3. The average molecular weight is 215 g/mol. The van der Waals surface area contributed by atoms with Gasteiger partial charge in [0.1, 0.15) is 12.0 Å². The Kier molecular flexibility index (Phi) is 2.81. The van der Waals surface area contributed by atoms with Crippen molar-refractivity contribution in [2.45, 2.75) is 6.92 Å². The van der Waals surface area contributed by atoms with Crippen LogP contribution >= 0.6 is 0 Å². The molecule has 2 rings (SSSR count). The number of aryl methyl sites for hydroxylation is 1. The fourth-order valence-electron chi connectivity index (χ4n) is 1.19. The summed E-state index contributed by atoms with van der Waals surface area (Å²) in [5.41, 5.74) is 1.18. The van der Waals surface area contributed by atoms with E-state index in [1.807, 2.05) is 6.07 Å². The second-order valence-electron chi connectivity index (χ2n) is 3.15. The lowest BCUT2D eigenvalue weighted by Gasteiger charge is -1.95. The maximum atomic E-state index is 10.3. The summed E-state index contributed by atoms with van der Waals surface area (Å²) in [6.45, 7) is 1.80. The minimum Gasteiger partial charge on any atom is -0.205 e. The smallest absolute Gasteiger partial charge is 0.151 e. The van der Waals surface area contributed by atoms with Crippen LogP contribution in [0.1, 0.15) is 11.4 Å². The maximum absolute atomic E-state index is 10.3. The van der Waals surface area contributed by atoms with Gasteiger partial charge in [0.15, 0.2) is 5.82 Å². The molecule has 80 valence electrons. The molecule has 0 N–H and O–H groups in total. The van der Waals surface area contributed by atoms with Gasteiger partial charge in [0.25, 0.3) is 0 Å². The number of nitroso groups, excluding NO2 is 1. The van der Waals surface area contributed by atoms with E-state index in [0.717, 1.165) is 5.56 Å². The van der Waals surface area contributed by atoms with Gasteiger partial charge in [-0.05, 0) is 29.8 Å². The molecular weight excluding hydrogens is 206 g/mol. The summed E-state index contributed by atoms with van der Waals surface area (Å²) >= 11 is 0. The van der Waals surface area contributed by atoms with Crippen LogP contribution in [-0.2, 0) is 0 Å². The van der Waals surface area contributed by atoms with Crippen molar-refractivity contribution in [3.05, 3.63) is 46.9 Å². The number of nitrogens with zero attached hydrogens (tertiary/aromatic N) is 5. The Labute approximate surface area is 91.6 Å². The van der Waals surface area contributed by atoms with E-state index in [0.29, 0.717) is 11.5 Å². The predicted molar refractivity (Wildman–Crippen MR) is 59.6 cm³/mol. The lowest BCUT2D eigenvalue weighted by atomic mass is 10.2. The fourth-order valence-corrected chi connectivity index (χ4v) is 1.19. The standard InChI is InChI=1S/C10H9N5O/c1-8-13-11-7-15(8)12-6-9-3-2-4-10(5-9)14-16/h2-7H,1H3. The molecule has 6 nitrogen and oxygen atoms in total. The van der Waals surface area contributed by atoms with Gasteiger partial charge >= 0.3 is 0 Å². The summed E-state index contributed by atoms with van der Waals surface area (Å²) in [5, 5.41) is 14.5. The minimum atomic E-state index is 0.379. The van der Waals surface area contributed by atoms with E-state index in [1.165, 1.54) is 6.33 Å². The topological polar surface area (TPSA) is 72.5 Å². The molecule has 0 fully saturated rings. The van der Waals surface area contributed by atoms with Gasteiger partial charge in [-0.1, -0.05) is 12.1 Å². The first-order valence-corrected chi connectivity index (χ1v) is 4.64. The zero-order valence-electron chi connectivity index (χ0n) is 8.61. The van der Waals surface area contributed by atoms with E-state index >= 15 is 0 Å². The first-order chi connectivity index (χ1) is 7.79. The van der Waals surface area contributed by atoms with Crippen molar-refractivity contribution in [3.8, 4) is 0 Å². The molecule has 16 heavy (non-hydrogen) atoms.